The number of aromatic nitrogens is 1. The normalized spacial score (nSPS) is 21.3. The van der Waals surface area contributed by atoms with Gasteiger partial charge in [-0.25, -0.2) is 0 Å². The highest BCUT2D eigenvalue weighted by Gasteiger charge is 2.28. The molecule has 0 spiro atoms. The van der Waals surface area contributed by atoms with E-state index in [1.54, 1.807) is 0 Å². The van der Waals surface area contributed by atoms with Crippen LogP contribution in [-0.4, -0.2) is 36.6 Å². The Morgan fingerprint density at radius 3 is 3.12 bits per heavy atom. The third-order valence-corrected chi connectivity index (χ3v) is 3.50. The van der Waals surface area contributed by atoms with Crippen molar-refractivity contribution >= 4 is 0 Å². The number of hydrazine groups is 1. The molecule has 1 aromatic rings. The predicted octanol–water partition coefficient (Wildman–Crippen LogP) is 0.895. The van der Waals surface area contributed by atoms with Gasteiger partial charge < -0.3 is 4.90 Å². The van der Waals surface area contributed by atoms with Gasteiger partial charge in [-0.2, -0.15) is 0 Å². The van der Waals surface area contributed by atoms with Gasteiger partial charge in [0.15, 0.2) is 0 Å². The molecule has 0 saturated carbocycles. The lowest BCUT2D eigenvalue weighted by molar-refractivity contribution is 0.291. The van der Waals surface area contributed by atoms with Gasteiger partial charge in [-0.15, -0.1) is 0 Å². The number of fused-ring (bicyclic) bond motifs is 1. The number of rotatable bonds is 4. The Morgan fingerprint density at radius 1 is 1.59 bits per heavy atom. The molecule has 0 bridgehead atoms. The maximum atomic E-state index is 5.70. The van der Waals surface area contributed by atoms with E-state index in [2.05, 4.69) is 35.5 Å². The molecule has 0 aromatic carbocycles. The van der Waals surface area contributed by atoms with Crippen LogP contribution in [0.2, 0.25) is 0 Å². The van der Waals surface area contributed by atoms with Crippen molar-refractivity contribution in [2.24, 2.45) is 5.84 Å². The molecule has 2 unspecified atom stereocenters. The molecule has 4 nitrogen and oxygen atoms in total. The molecular formula is C13H22N4. The molecule has 94 valence electrons. The topological polar surface area (TPSA) is 54.2 Å². The second-order valence-electron chi connectivity index (χ2n) is 5.08. The van der Waals surface area contributed by atoms with Crippen LogP contribution in [0.3, 0.4) is 0 Å². The van der Waals surface area contributed by atoms with Gasteiger partial charge in [-0.3, -0.25) is 16.3 Å². The summed E-state index contributed by atoms with van der Waals surface area (Å²) in [5.74, 6) is 6.14. The molecule has 3 N–H and O–H groups in total. The largest absolute Gasteiger partial charge is 0.308 e. The van der Waals surface area contributed by atoms with Crippen LogP contribution in [0.15, 0.2) is 18.3 Å². The fraction of sp³-hybridized carbons (Fsp3) is 0.615. The molecular weight excluding hydrogens is 212 g/mol. The van der Waals surface area contributed by atoms with Gasteiger partial charge in [-0.1, -0.05) is 6.07 Å². The van der Waals surface area contributed by atoms with Crippen LogP contribution in [0.1, 0.15) is 30.0 Å². The van der Waals surface area contributed by atoms with Crippen molar-refractivity contribution in [1.82, 2.24) is 15.3 Å². The van der Waals surface area contributed by atoms with Gasteiger partial charge in [0, 0.05) is 30.4 Å². The number of pyridine rings is 1. The molecule has 0 aliphatic heterocycles. The molecule has 0 radical (unpaired) electrons. The number of hydrogen-bond donors (Lipinski definition) is 2. The van der Waals surface area contributed by atoms with Crippen LogP contribution < -0.4 is 11.3 Å². The molecule has 1 aliphatic carbocycles. The molecule has 2 atom stereocenters. The van der Waals surface area contributed by atoms with Gasteiger partial charge in [0.05, 0.1) is 0 Å². The van der Waals surface area contributed by atoms with Crippen LogP contribution in [0.5, 0.6) is 0 Å². The number of likely N-dealkylation sites (N-methyl/N-ethyl adjacent to an activating group) is 1. The first-order chi connectivity index (χ1) is 8.22. The first-order valence-electron chi connectivity index (χ1n) is 6.27. The summed E-state index contributed by atoms with van der Waals surface area (Å²) in [5.41, 5.74) is 5.59. The summed E-state index contributed by atoms with van der Waals surface area (Å²) in [6, 6.07) is 4.49. The Balaban J connectivity index is 2.21. The number of nitrogens with zero attached hydrogens (tertiary/aromatic N) is 2. The van der Waals surface area contributed by atoms with Crippen LogP contribution in [-0.2, 0) is 6.42 Å². The minimum absolute atomic E-state index is 0.277. The lowest BCUT2D eigenvalue weighted by atomic mass is 9.82. The van der Waals surface area contributed by atoms with Crippen LogP contribution in [0.25, 0.3) is 0 Å². The van der Waals surface area contributed by atoms with Crippen LogP contribution in [0, 0.1) is 0 Å². The zero-order chi connectivity index (χ0) is 12.3. The quantitative estimate of drug-likeness (QED) is 0.600. The van der Waals surface area contributed by atoms with E-state index < -0.39 is 0 Å². The van der Waals surface area contributed by atoms with Gasteiger partial charge in [0.25, 0.3) is 0 Å². The standard InChI is InChI=1S/C13H22N4/c1-17(2)9-12(16-14)11-7-3-5-10-6-4-8-15-13(10)11/h4,6,8,11-12,16H,3,5,7,9,14H2,1-2H3. The summed E-state index contributed by atoms with van der Waals surface area (Å²) in [5, 5.41) is 0. The maximum absolute atomic E-state index is 5.70. The molecule has 0 saturated heterocycles. The zero-order valence-corrected chi connectivity index (χ0v) is 10.7. The third-order valence-electron chi connectivity index (χ3n) is 3.50. The van der Waals surface area contributed by atoms with Gasteiger partial charge in [0.1, 0.15) is 0 Å². The third kappa shape index (κ3) is 2.83. The smallest absolute Gasteiger partial charge is 0.0483 e. The number of nitrogens with one attached hydrogen (secondary N) is 1. The van der Waals surface area contributed by atoms with Crippen LogP contribution >= 0.6 is 0 Å². The summed E-state index contributed by atoms with van der Waals surface area (Å²) >= 11 is 0. The molecule has 4 heteroatoms. The van der Waals surface area contributed by atoms with Gasteiger partial charge in [-0.05, 0) is 45.0 Å². The molecule has 1 aliphatic rings. The number of nitrogens with two attached hydrogens (primary N) is 1. The van der Waals surface area contributed by atoms with E-state index in [9.17, 15) is 0 Å². The van der Waals surface area contributed by atoms with Crippen molar-refractivity contribution in [3.8, 4) is 0 Å². The summed E-state index contributed by atoms with van der Waals surface area (Å²) in [4.78, 5) is 6.73. The summed E-state index contributed by atoms with van der Waals surface area (Å²) in [6.45, 7) is 0.942. The Bertz CT molecular complexity index is 364. The van der Waals surface area contributed by atoms with E-state index in [0.29, 0.717) is 5.92 Å². The zero-order valence-electron chi connectivity index (χ0n) is 10.7. The van der Waals surface area contributed by atoms with Crippen LogP contribution in [0.4, 0.5) is 0 Å². The van der Waals surface area contributed by atoms with E-state index in [-0.39, 0.29) is 6.04 Å². The SMILES string of the molecule is CN(C)CC(NN)C1CCCc2cccnc21. The Labute approximate surface area is 103 Å². The predicted molar refractivity (Wildman–Crippen MR) is 69.6 cm³/mol. The van der Waals surface area contributed by atoms with Crippen molar-refractivity contribution in [2.45, 2.75) is 31.2 Å². The monoisotopic (exact) mass is 234 g/mol. The van der Waals surface area contributed by atoms with Crippen molar-refractivity contribution in [2.75, 3.05) is 20.6 Å². The van der Waals surface area contributed by atoms with E-state index >= 15 is 0 Å². The van der Waals surface area contributed by atoms with E-state index in [4.69, 9.17) is 5.84 Å². The molecule has 0 amide bonds. The van der Waals surface area contributed by atoms with Crippen molar-refractivity contribution in [1.29, 1.82) is 0 Å². The highest BCUT2D eigenvalue weighted by molar-refractivity contribution is 5.27. The fourth-order valence-electron chi connectivity index (χ4n) is 2.73. The minimum Gasteiger partial charge on any atom is -0.308 e. The molecule has 1 aromatic heterocycles. The summed E-state index contributed by atoms with van der Waals surface area (Å²) in [7, 11) is 4.15. The van der Waals surface area contributed by atoms with E-state index in [1.807, 2.05) is 12.3 Å². The number of aryl methyl sites for hydroxylation is 1. The molecule has 17 heavy (non-hydrogen) atoms. The molecule has 1 heterocycles. The van der Waals surface area contributed by atoms with Crippen molar-refractivity contribution < 1.29 is 0 Å². The Kier molecular flexibility index (Phi) is 4.10. The Hall–Kier alpha value is -0.970. The number of hydrogen-bond acceptors (Lipinski definition) is 4. The first kappa shape index (κ1) is 12.5. The highest BCUT2D eigenvalue weighted by atomic mass is 15.3. The second kappa shape index (κ2) is 5.58. The lowest BCUT2D eigenvalue weighted by Gasteiger charge is -2.32. The van der Waals surface area contributed by atoms with E-state index in [0.717, 1.165) is 13.0 Å². The summed E-state index contributed by atoms with van der Waals surface area (Å²) < 4.78 is 0. The average Bonchev–Trinajstić information content (AvgIpc) is 2.35. The molecule has 2 rings (SSSR count). The maximum Gasteiger partial charge on any atom is 0.0483 e. The Morgan fingerprint density at radius 2 is 2.41 bits per heavy atom. The van der Waals surface area contributed by atoms with Gasteiger partial charge in [0.2, 0.25) is 0 Å². The van der Waals surface area contributed by atoms with Crippen molar-refractivity contribution in [3.05, 3.63) is 29.6 Å². The van der Waals surface area contributed by atoms with Gasteiger partial charge >= 0.3 is 0 Å². The first-order valence-corrected chi connectivity index (χ1v) is 6.27. The molecule has 0 fully saturated rings. The summed E-state index contributed by atoms with van der Waals surface area (Å²) in [6.07, 6.45) is 5.45. The fourth-order valence-corrected chi connectivity index (χ4v) is 2.73. The highest BCUT2D eigenvalue weighted by Crippen LogP contribution is 2.32. The van der Waals surface area contributed by atoms with Crippen molar-refractivity contribution in [3.63, 3.8) is 0 Å². The average molecular weight is 234 g/mol. The van der Waals surface area contributed by atoms with E-state index in [1.165, 1.54) is 24.1 Å². The lowest BCUT2D eigenvalue weighted by Crippen LogP contribution is -2.47. The minimum atomic E-state index is 0.277. The second-order valence-corrected chi connectivity index (χ2v) is 5.08.